The molecule has 2 bridgehead atoms. The van der Waals surface area contributed by atoms with Gasteiger partial charge in [0.2, 0.25) is 5.91 Å². The molecule has 1 atom stereocenters. The van der Waals surface area contributed by atoms with Gasteiger partial charge in [0.05, 0.1) is 5.56 Å². The molecule has 4 nitrogen and oxygen atoms in total. The second-order valence-corrected chi connectivity index (χ2v) is 10.9. The zero-order valence-corrected chi connectivity index (χ0v) is 17.6. The Morgan fingerprint density at radius 2 is 1.85 bits per heavy atom. The van der Waals surface area contributed by atoms with Crippen LogP contribution in [0.2, 0.25) is 0 Å². The van der Waals surface area contributed by atoms with Crippen LogP contribution < -0.4 is 10.6 Å². The first kappa shape index (κ1) is 19.0. The minimum Gasteiger partial charge on any atom is -0.352 e. The number of aryl methyl sites for hydroxylation is 1. The molecule has 27 heavy (non-hydrogen) atoms. The van der Waals surface area contributed by atoms with Gasteiger partial charge in [0, 0.05) is 16.8 Å². The highest BCUT2D eigenvalue weighted by Crippen LogP contribution is 2.45. The maximum atomic E-state index is 13.1. The zero-order valence-electron chi connectivity index (χ0n) is 16.8. The third kappa shape index (κ3) is 3.80. The van der Waals surface area contributed by atoms with Gasteiger partial charge in [-0.25, -0.2) is 0 Å². The lowest BCUT2D eigenvalue weighted by Gasteiger charge is -2.42. The Kier molecular flexibility index (Phi) is 5.08. The van der Waals surface area contributed by atoms with E-state index in [4.69, 9.17) is 0 Å². The van der Waals surface area contributed by atoms with Gasteiger partial charge in [0.25, 0.3) is 5.91 Å². The van der Waals surface area contributed by atoms with Crippen molar-refractivity contribution in [2.24, 2.45) is 23.2 Å². The van der Waals surface area contributed by atoms with Crippen LogP contribution in [0.15, 0.2) is 0 Å². The molecule has 0 aliphatic heterocycles. The molecule has 5 heteroatoms. The summed E-state index contributed by atoms with van der Waals surface area (Å²) < 4.78 is 0. The van der Waals surface area contributed by atoms with E-state index in [0.29, 0.717) is 5.92 Å². The van der Waals surface area contributed by atoms with E-state index in [1.165, 1.54) is 42.5 Å². The molecule has 2 N–H and O–H groups in total. The van der Waals surface area contributed by atoms with Crippen LogP contribution in [0, 0.1) is 23.2 Å². The van der Waals surface area contributed by atoms with Gasteiger partial charge in [0.1, 0.15) is 5.00 Å². The number of anilines is 1. The Morgan fingerprint density at radius 3 is 2.48 bits per heavy atom. The van der Waals surface area contributed by atoms with Crippen molar-refractivity contribution < 1.29 is 9.59 Å². The summed E-state index contributed by atoms with van der Waals surface area (Å²) in [6, 6.07) is 0. The first-order valence-corrected chi connectivity index (χ1v) is 11.4. The second kappa shape index (κ2) is 7.23. The Labute approximate surface area is 166 Å². The van der Waals surface area contributed by atoms with Gasteiger partial charge < -0.3 is 10.6 Å². The SMILES string of the molecule is CC(C)(C)C(=O)Nc1sc2c(c1C(=O)NCC1CC3CCC1CC3)CCC2. The van der Waals surface area contributed by atoms with Crippen molar-refractivity contribution >= 4 is 28.2 Å². The summed E-state index contributed by atoms with van der Waals surface area (Å²) in [5, 5.41) is 7.03. The van der Waals surface area contributed by atoms with Crippen LogP contribution in [0.1, 0.15) is 80.1 Å². The minimum absolute atomic E-state index is 0.0139. The summed E-state index contributed by atoms with van der Waals surface area (Å²) in [6.07, 6.45) is 9.82. The molecule has 1 aromatic rings. The van der Waals surface area contributed by atoms with Crippen molar-refractivity contribution in [3.63, 3.8) is 0 Å². The van der Waals surface area contributed by atoms with Crippen molar-refractivity contribution in [2.45, 2.75) is 72.1 Å². The summed E-state index contributed by atoms with van der Waals surface area (Å²) in [5.41, 5.74) is 1.45. The Morgan fingerprint density at radius 1 is 1.11 bits per heavy atom. The Balaban J connectivity index is 1.48. The van der Waals surface area contributed by atoms with Crippen molar-refractivity contribution in [1.82, 2.24) is 5.32 Å². The molecule has 0 aromatic carbocycles. The minimum atomic E-state index is -0.469. The molecular weight excluding hydrogens is 356 g/mol. The van der Waals surface area contributed by atoms with Gasteiger partial charge in [-0.3, -0.25) is 9.59 Å². The summed E-state index contributed by atoms with van der Waals surface area (Å²) in [7, 11) is 0. The molecule has 148 valence electrons. The standard InChI is InChI=1S/C22H32N2O2S/c1-22(2,3)21(26)24-20-18(16-5-4-6-17(16)27-20)19(25)23-12-15-11-13-7-9-14(15)10-8-13/h13-15H,4-12H2,1-3H3,(H,23,25)(H,24,26). The van der Waals surface area contributed by atoms with E-state index in [1.807, 2.05) is 20.8 Å². The highest BCUT2D eigenvalue weighted by molar-refractivity contribution is 7.17. The van der Waals surface area contributed by atoms with Gasteiger partial charge in [-0.05, 0) is 61.8 Å². The van der Waals surface area contributed by atoms with E-state index in [1.54, 1.807) is 11.3 Å². The predicted octanol–water partition coefficient (Wildman–Crippen LogP) is 4.78. The van der Waals surface area contributed by atoms with Crippen molar-refractivity contribution in [3.05, 3.63) is 16.0 Å². The van der Waals surface area contributed by atoms with Crippen LogP contribution in [-0.2, 0) is 17.6 Å². The lowest BCUT2D eigenvalue weighted by Crippen LogP contribution is -2.39. The van der Waals surface area contributed by atoms with Crippen molar-refractivity contribution in [3.8, 4) is 0 Å². The summed E-state index contributed by atoms with van der Waals surface area (Å²) in [4.78, 5) is 26.9. The van der Waals surface area contributed by atoms with E-state index >= 15 is 0 Å². The summed E-state index contributed by atoms with van der Waals surface area (Å²) in [6.45, 7) is 6.50. The highest BCUT2D eigenvalue weighted by atomic mass is 32.1. The van der Waals surface area contributed by atoms with Crippen LogP contribution in [0.4, 0.5) is 5.00 Å². The van der Waals surface area contributed by atoms with Gasteiger partial charge in [0.15, 0.2) is 0 Å². The van der Waals surface area contributed by atoms with E-state index in [-0.39, 0.29) is 11.8 Å². The summed E-state index contributed by atoms with van der Waals surface area (Å²) >= 11 is 1.60. The van der Waals surface area contributed by atoms with Gasteiger partial charge in [-0.1, -0.05) is 33.6 Å². The molecule has 4 aliphatic rings. The monoisotopic (exact) mass is 388 g/mol. The largest absolute Gasteiger partial charge is 0.352 e. The van der Waals surface area contributed by atoms with Gasteiger partial charge in [-0.15, -0.1) is 11.3 Å². The third-order valence-electron chi connectivity index (χ3n) is 6.78. The maximum absolute atomic E-state index is 13.1. The molecule has 2 amide bonds. The molecule has 0 saturated heterocycles. The molecule has 1 unspecified atom stereocenters. The number of carbonyl (C=O) groups excluding carboxylic acids is 2. The van der Waals surface area contributed by atoms with E-state index in [2.05, 4.69) is 10.6 Å². The molecule has 5 rings (SSSR count). The fourth-order valence-corrected chi connectivity index (χ4v) is 6.38. The first-order chi connectivity index (χ1) is 12.8. The summed E-state index contributed by atoms with van der Waals surface area (Å²) in [5.74, 6) is 2.30. The number of carbonyl (C=O) groups is 2. The maximum Gasteiger partial charge on any atom is 0.254 e. The molecule has 1 heterocycles. The average molecular weight is 389 g/mol. The fourth-order valence-electron chi connectivity index (χ4n) is 5.10. The first-order valence-electron chi connectivity index (χ1n) is 10.6. The topological polar surface area (TPSA) is 58.2 Å². The molecule has 1 aromatic heterocycles. The lowest BCUT2D eigenvalue weighted by molar-refractivity contribution is -0.123. The normalized spacial score (nSPS) is 26.7. The number of fused-ring (bicyclic) bond motifs is 4. The van der Waals surface area contributed by atoms with Gasteiger partial charge >= 0.3 is 0 Å². The molecule has 3 fully saturated rings. The number of thiophene rings is 1. The van der Waals surface area contributed by atoms with E-state index in [9.17, 15) is 9.59 Å². The predicted molar refractivity (Wildman–Crippen MR) is 110 cm³/mol. The number of rotatable bonds is 4. The second-order valence-electron chi connectivity index (χ2n) is 9.75. The van der Waals surface area contributed by atoms with Crippen LogP contribution in [0.25, 0.3) is 0 Å². The number of amides is 2. The molecule has 4 aliphatic carbocycles. The quantitative estimate of drug-likeness (QED) is 0.780. The molecule has 3 saturated carbocycles. The molecule has 0 spiro atoms. The Hall–Kier alpha value is -1.36. The van der Waals surface area contributed by atoms with Gasteiger partial charge in [-0.2, -0.15) is 0 Å². The zero-order chi connectivity index (χ0) is 19.2. The van der Waals surface area contributed by atoms with Crippen molar-refractivity contribution in [1.29, 1.82) is 0 Å². The van der Waals surface area contributed by atoms with Crippen LogP contribution >= 0.6 is 11.3 Å². The number of hydrogen-bond acceptors (Lipinski definition) is 3. The van der Waals surface area contributed by atoms with Crippen molar-refractivity contribution in [2.75, 3.05) is 11.9 Å². The van der Waals surface area contributed by atoms with Crippen LogP contribution in [0.3, 0.4) is 0 Å². The van der Waals surface area contributed by atoms with Crippen LogP contribution in [-0.4, -0.2) is 18.4 Å². The smallest absolute Gasteiger partial charge is 0.254 e. The molecular formula is C22H32N2O2S. The average Bonchev–Trinajstić information content (AvgIpc) is 3.20. The lowest BCUT2D eigenvalue weighted by atomic mass is 9.65. The number of nitrogens with one attached hydrogen (secondary N) is 2. The molecule has 0 radical (unpaired) electrons. The number of hydrogen-bond donors (Lipinski definition) is 2. The van der Waals surface area contributed by atoms with E-state index < -0.39 is 5.41 Å². The Bertz CT molecular complexity index is 738. The highest BCUT2D eigenvalue weighted by Gasteiger charge is 2.36. The van der Waals surface area contributed by atoms with E-state index in [0.717, 1.165) is 48.2 Å². The van der Waals surface area contributed by atoms with Crippen LogP contribution in [0.5, 0.6) is 0 Å². The third-order valence-corrected chi connectivity index (χ3v) is 7.98. The fraction of sp³-hybridized carbons (Fsp3) is 0.727.